The molecule has 116 valence electrons. The number of hydrogen-bond acceptors (Lipinski definition) is 4. The number of ether oxygens (including phenoxy) is 1. The molecule has 0 saturated carbocycles. The Hall–Kier alpha value is -1.59. The molecule has 6 heteroatoms. The van der Waals surface area contributed by atoms with Crippen molar-refractivity contribution >= 4 is 17.8 Å². The van der Waals surface area contributed by atoms with Crippen molar-refractivity contribution in [3.05, 3.63) is 0 Å². The SMILES string of the molecule is CC(C)NC(=O)CN(C)C(=O)CCC(=O)OC(C)(C)C. The van der Waals surface area contributed by atoms with Gasteiger partial charge in [0.05, 0.1) is 13.0 Å². The lowest BCUT2D eigenvalue weighted by Gasteiger charge is -2.20. The number of likely N-dealkylation sites (N-methyl/N-ethyl adjacent to an activating group) is 1. The third-order valence-electron chi connectivity index (χ3n) is 2.22. The van der Waals surface area contributed by atoms with Gasteiger partial charge in [0.1, 0.15) is 5.60 Å². The quantitative estimate of drug-likeness (QED) is 0.742. The maximum atomic E-state index is 11.8. The van der Waals surface area contributed by atoms with E-state index in [4.69, 9.17) is 4.74 Å². The van der Waals surface area contributed by atoms with Crippen molar-refractivity contribution in [1.82, 2.24) is 10.2 Å². The van der Waals surface area contributed by atoms with Gasteiger partial charge < -0.3 is 15.0 Å². The van der Waals surface area contributed by atoms with E-state index in [2.05, 4.69) is 5.32 Å². The van der Waals surface area contributed by atoms with Crippen LogP contribution in [0.15, 0.2) is 0 Å². The number of carbonyl (C=O) groups is 3. The predicted molar refractivity (Wildman–Crippen MR) is 76.0 cm³/mol. The first-order chi connectivity index (χ1) is 9.01. The molecule has 0 radical (unpaired) electrons. The molecule has 1 N–H and O–H groups in total. The monoisotopic (exact) mass is 286 g/mol. The second kappa shape index (κ2) is 7.87. The first kappa shape index (κ1) is 18.4. The van der Waals surface area contributed by atoms with Crippen molar-refractivity contribution in [1.29, 1.82) is 0 Å². The summed E-state index contributed by atoms with van der Waals surface area (Å²) >= 11 is 0. The standard InChI is InChI=1S/C14H26N2O4/c1-10(2)15-11(17)9-16(6)12(18)7-8-13(19)20-14(3,4)5/h10H,7-9H2,1-6H3,(H,15,17). The van der Waals surface area contributed by atoms with Crippen LogP contribution in [0.5, 0.6) is 0 Å². The van der Waals surface area contributed by atoms with Crippen molar-refractivity contribution in [2.45, 2.75) is 59.1 Å². The highest BCUT2D eigenvalue weighted by atomic mass is 16.6. The van der Waals surface area contributed by atoms with Crippen LogP contribution in [0.1, 0.15) is 47.5 Å². The second-order valence-electron chi connectivity index (χ2n) is 6.06. The molecule has 0 unspecified atom stereocenters. The number of nitrogens with zero attached hydrogens (tertiary/aromatic N) is 1. The van der Waals surface area contributed by atoms with Crippen LogP contribution in [0.2, 0.25) is 0 Å². The zero-order valence-electron chi connectivity index (χ0n) is 13.3. The molecule has 6 nitrogen and oxygen atoms in total. The molecule has 0 fully saturated rings. The van der Waals surface area contributed by atoms with Gasteiger partial charge in [-0.15, -0.1) is 0 Å². The number of rotatable bonds is 6. The van der Waals surface area contributed by atoms with Gasteiger partial charge in [-0.25, -0.2) is 0 Å². The van der Waals surface area contributed by atoms with Gasteiger partial charge in [-0.05, 0) is 34.6 Å². The lowest BCUT2D eigenvalue weighted by atomic mass is 10.2. The molecule has 0 aliphatic heterocycles. The summed E-state index contributed by atoms with van der Waals surface area (Å²) in [6.07, 6.45) is 0.0621. The summed E-state index contributed by atoms with van der Waals surface area (Å²) in [6.45, 7) is 9.01. The highest BCUT2D eigenvalue weighted by Gasteiger charge is 2.19. The molecule has 20 heavy (non-hydrogen) atoms. The molecule has 0 spiro atoms. The van der Waals surface area contributed by atoms with Gasteiger partial charge in [-0.1, -0.05) is 0 Å². The normalized spacial score (nSPS) is 11.2. The summed E-state index contributed by atoms with van der Waals surface area (Å²) < 4.78 is 5.11. The van der Waals surface area contributed by atoms with Crippen LogP contribution < -0.4 is 5.32 Å². The Balaban J connectivity index is 4.09. The van der Waals surface area contributed by atoms with E-state index in [0.29, 0.717) is 0 Å². The van der Waals surface area contributed by atoms with Crippen LogP contribution in [0.25, 0.3) is 0 Å². The highest BCUT2D eigenvalue weighted by Crippen LogP contribution is 2.09. The van der Waals surface area contributed by atoms with E-state index < -0.39 is 11.6 Å². The molecule has 0 saturated heterocycles. The molecule has 0 atom stereocenters. The third kappa shape index (κ3) is 9.35. The van der Waals surface area contributed by atoms with Gasteiger partial charge in [0, 0.05) is 19.5 Å². The number of hydrogen-bond donors (Lipinski definition) is 1. The minimum atomic E-state index is -0.552. The maximum Gasteiger partial charge on any atom is 0.306 e. The van der Waals surface area contributed by atoms with Crippen LogP contribution in [0.3, 0.4) is 0 Å². The van der Waals surface area contributed by atoms with Gasteiger partial charge in [0.25, 0.3) is 0 Å². The zero-order valence-corrected chi connectivity index (χ0v) is 13.3. The summed E-state index contributed by atoms with van der Waals surface area (Å²) in [4.78, 5) is 36.1. The third-order valence-corrected chi connectivity index (χ3v) is 2.22. The molecular weight excluding hydrogens is 260 g/mol. The predicted octanol–water partition coefficient (Wildman–Crippen LogP) is 1.09. The van der Waals surface area contributed by atoms with Gasteiger partial charge in [-0.2, -0.15) is 0 Å². The molecule has 0 bridgehead atoms. The van der Waals surface area contributed by atoms with E-state index in [-0.39, 0.29) is 37.2 Å². The maximum absolute atomic E-state index is 11.8. The molecule has 0 aliphatic rings. The summed E-state index contributed by atoms with van der Waals surface area (Å²) in [5.74, 6) is -0.881. The largest absolute Gasteiger partial charge is 0.460 e. The average Bonchev–Trinajstić information content (AvgIpc) is 2.21. The van der Waals surface area contributed by atoms with Crippen molar-refractivity contribution in [2.24, 2.45) is 0 Å². The van der Waals surface area contributed by atoms with E-state index >= 15 is 0 Å². The van der Waals surface area contributed by atoms with Crippen molar-refractivity contribution in [3.8, 4) is 0 Å². The Labute approximate surface area is 120 Å². The molecule has 0 rings (SSSR count). The fourth-order valence-corrected chi connectivity index (χ4v) is 1.46. The Morgan fingerprint density at radius 1 is 1.15 bits per heavy atom. The lowest BCUT2D eigenvalue weighted by Crippen LogP contribution is -2.41. The van der Waals surface area contributed by atoms with Gasteiger partial charge in [-0.3, -0.25) is 14.4 Å². The summed E-state index contributed by atoms with van der Waals surface area (Å²) in [5, 5.41) is 2.70. The molecule has 0 aromatic rings. The van der Waals surface area contributed by atoms with Gasteiger partial charge in [0.2, 0.25) is 11.8 Å². The fraction of sp³-hybridized carbons (Fsp3) is 0.786. The minimum absolute atomic E-state index is 0.00860. The van der Waals surface area contributed by atoms with E-state index in [0.717, 1.165) is 0 Å². The Morgan fingerprint density at radius 2 is 1.70 bits per heavy atom. The minimum Gasteiger partial charge on any atom is -0.460 e. The fourth-order valence-electron chi connectivity index (χ4n) is 1.46. The van der Waals surface area contributed by atoms with E-state index in [9.17, 15) is 14.4 Å². The number of carbonyl (C=O) groups excluding carboxylic acids is 3. The van der Waals surface area contributed by atoms with Gasteiger partial charge >= 0.3 is 5.97 Å². The van der Waals surface area contributed by atoms with Crippen LogP contribution in [0.4, 0.5) is 0 Å². The molecule has 0 aliphatic carbocycles. The number of amides is 2. The number of nitrogens with one attached hydrogen (secondary N) is 1. The first-order valence-corrected chi connectivity index (χ1v) is 6.76. The van der Waals surface area contributed by atoms with E-state index in [1.807, 2.05) is 13.8 Å². The average molecular weight is 286 g/mol. The van der Waals surface area contributed by atoms with Crippen LogP contribution in [-0.2, 0) is 19.1 Å². The highest BCUT2D eigenvalue weighted by molar-refractivity contribution is 5.86. The first-order valence-electron chi connectivity index (χ1n) is 6.76. The molecule has 0 aromatic heterocycles. The Morgan fingerprint density at radius 3 is 2.15 bits per heavy atom. The van der Waals surface area contributed by atoms with Crippen LogP contribution in [-0.4, -0.2) is 47.9 Å². The molecular formula is C14H26N2O4. The van der Waals surface area contributed by atoms with Crippen molar-refractivity contribution < 1.29 is 19.1 Å². The summed E-state index contributed by atoms with van der Waals surface area (Å²) in [6, 6.07) is 0.0350. The second-order valence-corrected chi connectivity index (χ2v) is 6.06. The van der Waals surface area contributed by atoms with Crippen LogP contribution >= 0.6 is 0 Å². The zero-order chi connectivity index (χ0) is 15.9. The van der Waals surface area contributed by atoms with E-state index in [1.54, 1.807) is 20.8 Å². The lowest BCUT2D eigenvalue weighted by molar-refractivity contribution is -0.156. The smallest absolute Gasteiger partial charge is 0.306 e. The molecule has 2 amide bonds. The van der Waals surface area contributed by atoms with E-state index in [1.165, 1.54) is 11.9 Å². The topological polar surface area (TPSA) is 75.7 Å². The Bertz CT molecular complexity index is 359. The summed E-state index contributed by atoms with van der Waals surface area (Å²) in [5.41, 5.74) is -0.552. The Kier molecular flexibility index (Phi) is 7.24. The van der Waals surface area contributed by atoms with Crippen molar-refractivity contribution in [3.63, 3.8) is 0 Å². The summed E-state index contributed by atoms with van der Waals surface area (Å²) in [7, 11) is 1.54. The van der Waals surface area contributed by atoms with Gasteiger partial charge in [0.15, 0.2) is 0 Å². The van der Waals surface area contributed by atoms with Crippen LogP contribution in [0, 0.1) is 0 Å². The van der Waals surface area contributed by atoms with Crippen molar-refractivity contribution in [2.75, 3.05) is 13.6 Å². The molecule has 0 aromatic carbocycles. The molecule has 0 heterocycles. The number of esters is 1.